The topological polar surface area (TPSA) is 84.8 Å². The van der Waals surface area contributed by atoms with E-state index in [0.29, 0.717) is 17.4 Å². The van der Waals surface area contributed by atoms with E-state index >= 15 is 0 Å². The average Bonchev–Trinajstić information content (AvgIpc) is 2.98. The summed E-state index contributed by atoms with van der Waals surface area (Å²) in [5, 5.41) is 4.14. The Labute approximate surface area is 258 Å². The molecule has 0 unspecified atom stereocenters. The lowest BCUT2D eigenvalue weighted by Gasteiger charge is -2.42. The van der Waals surface area contributed by atoms with Crippen molar-refractivity contribution < 1.29 is 17.9 Å². The van der Waals surface area contributed by atoms with E-state index in [-0.39, 0.29) is 28.0 Å². The van der Waals surface area contributed by atoms with Gasteiger partial charge in [0.2, 0.25) is 0 Å². The molecule has 1 saturated carbocycles. The van der Waals surface area contributed by atoms with Gasteiger partial charge in [-0.05, 0) is 72.3 Å². The Morgan fingerprint density at radius 2 is 1.47 bits per heavy atom. The molecule has 2 atom stereocenters. The molecule has 43 heavy (non-hydrogen) atoms. The number of carbonyl (C=O) groups is 1. The number of nitrogens with zero attached hydrogens (tertiary/aromatic N) is 1. The van der Waals surface area contributed by atoms with Gasteiger partial charge in [0.25, 0.3) is 10.0 Å². The second-order valence-electron chi connectivity index (χ2n) is 13.0. The van der Waals surface area contributed by atoms with E-state index in [1.165, 1.54) is 28.8 Å². The molecule has 1 aliphatic carbocycles. The number of nitrogens with one attached hydrogen (secondary N) is 1. The minimum atomic E-state index is -3.98. The molecular weight excluding hydrogens is 556 g/mol. The molecule has 230 valence electrons. The number of benzene rings is 3. The molecule has 1 N–H and O–H groups in total. The average molecular weight is 603 g/mol. The predicted molar refractivity (Wildman–Crippen MR) is 174 cm³/mol. The summed E-state index contributed by atoms with van der Waals surface area (Å²) >= 11 is 0. The lowest BCUT2D eigenvalue weighted by molar-refractivity contribution is -0.146. The number of hydrogen-bond acceptors (Lipinski definition) is 5. The van der Waals surface area contributed by atoms with Crippen LogP contribution in [0.15, 0.2) is 82.8 Å². The van der Waals surface area contributed by atoms with Gasteiger partial charge in [-0.2, -0.15) is 18.4 Å². The summed E-state index contributed by atoms with van der Waals surface area (Å²) in [4.78, 5) is 16.2. The zero-order chi connectivity index (χ0) is 31.4. The zero-order valence-electron chi connectivity index (χ0n) is 26.6. The highest BCUT2D eigenvalue weighted by atomic mass is 32.2. The van der Waals surface area contributed by atoms with Crippen LogP contribution in [0.4, 0.5) is 0 Å². The molecule has 7 heteroatoms. The molecule has 1 fully saturated rings. The van der Waals surface area contributed by atoms with Gasteiger partial charge in [0.15, 0.2) is 5.71 Å². The minimum Gasteiger partial charge on any atom is -0.457 e. The van der Waals surface area contributed by atoms with Crippen LogP contribution in [0, 0.1) is 12.8 Å². The van der Waals surface area contributed by atoms with E-state index in [1.54, 1.807) is 36.4 Å². The van der Waals surface area contributed by atoms with Crippen molar-refractivity contribution in [1.29, 1.82) is 0 Å². The SMILES string of the molecule is Cc1ccc(S(=O)(=O)N/N=C(/C(=O)O[C@H]2CCCC[C@@H]2C(C)(C)c2cc(C(C)C)cc(C(C)C)c2)c2ccccc2)cc1. The normalized spacial score (nSPS) is 18.1. The molecule has 0 amide bonds. The fourth-order valence-electron chi connectivity index (χ4n) is 5.89. The van der Waals surface area contributed by atoms with Crippen molar-refractivity contribution in [2.45, 2.75) is 102 Å². The van der Waals surface area contributed by atoms with E-state index in [0.717, 1.165) is 31.2 Å². The van der Waals surface area contributed by atoms with Crippen LogP contribution in [0.5, 0.6) is 0 Å². The number of carbonyl (C=O) groups excluding carboxylic acids is 1. The van der Waals surface area contributed by atoms with Gasteiger partial charge in [-0.25, -0.2) is 4.79 Å². The third-order valence-corrected chi connectivity index (χ3v) is 10.0. The van der Waals surface area contributed by atoms with Gasteiger partial charge in [0.1, 0.15) is 6.10 Å². The molecule has 0 radical (unpaired) electrons. The fraction of sp³-hybridized carbons (Fsp3) is 0.444. The van der Waals surface area contributed by atoms with Crippen molar-refractivity contribution >= 4 is 21.7 Å². The zero-order valence-corrected chi connectivity index (χ0v) is 27.4. The van der Waals surface area contributed by atoms with Crippen molar-refractivity contribution in [1.82, 2.24) is 4.83 Å². The lowest BCUT2D eigenvalue weighted by Crippen LogP contribution is -2.43. The Hall–Kier alpha value is -3.45. The smallest absolute Gasteiger partial charge is 0.359 e. The van der Waals surface area contributed by atoms with Crippen LogP contribution >= 0.6 is 0 Å². The Bertz CT molecular complexity index is 1520. The van der Waals surface area contributed by atoms with Gasteiger partial charge in [-0.3, -0.25) is 0 Å². The van der Waals surface area contributed by atoms with Crippen molar-refractivity contribution in [2.75, 3.05) is 0 Å². The quantitative estimate of drug-likeness (QED) is 0.145. The Kier molecular flexibility index (Phi) is 10.2. The number of rotatable bonds is 10. The summed E-state index contributed by atoms with van der Waals surface area (Å²) in [6.45, 7) is 15.3. The fourth-order valence-corrected chi connectivity index (χ4v) is 6.70. The first-order valence-corrected chi connectivity index (χ1v) is 16.9. The van der Waals surface area contributed by atoms with Crippen LogP contribution < -0.4 is 4.83 Å². The third kappa shape index (κ3) is 7.74. The van der Waals surface area contributed by atoms with Gasteiger partial charge >= 0.3 is 5.97 Å². The summed E-state index contributed by atoms with van der Waals surface area (Å²) in [7, 11) is -3.98. The van der Waals surface area contributed by atoms with Gasteiger partial charge in [-0.15, -0.1) is 0 Å². The van der Waals surface area contributed by atoms with Crippen LogP contribution in [0.2, 0.25) is 0 Å². The van der Waals surface area contributed by atoms with Gasteiger partial charge < -0.3 is 4.74 Å². The molecule has 0 heterocycles. The highest BCUT2D eigenvalue weighted by Gasteiger charge is 2.41. The molecule has 0 bridgehead atoms. The number of hydrazone groups is 1. The Balaban J connectivity index is 1.65. The highest BCUT2D eigenvalue weighted by molar-refractivity contribution is 7.89. The van der Waals surface area contributed by atoms with E-state index in [4.69, 9.17) is 4.74 Å². The first kappa shape index (κ1) is 32.5. The first-order valence-electron chi connectivity index (χ1n) is 15.4. The Morgan fingerprint density at radius 1 is 0.884 bits per heavy atom. The summed E-state index contributed by atoms with van der Waals surface area (Å²) in [5.41, 5.74) is 5.00. The van der Waals surface area contributed by atoms with Crippen molar-refractivity contribution in [3.8, 4) is 0 Å². The van der Waals surface area contributed by atoms with Gasteiger partial charge in [0.05, 0.1) is 4.90 Å². The van der Waals surface area contributed by atoms with Gasteiger partial charge in [0, 0.05) is 11.5 Å². The van der Waals surface area contributed by atoms with Crippen LogP contribution in [0.25, 0.3) is 0 Å². The molecular formula is C36H46N2O4S. The molecule has 0 aromatic heterocycles. The van der Waals surface area contributed by atoms with Crippen LogP contribution in [-0.2, 0) is 25.0 Å². The monoisotopic (exact) mass is 602 g/mol. The lowest BCUT2D eigenvalue weighted by atomic mass is 9.65. The molecule has 6 nitrogen and oxygen atoms in total. The molecule has 0 aliphatic heterocycles. The maximum absolute atomic E-state index is 13.8. The predicted octanol–water partition coefficient (Wildman–Crippen LogP) is 8.00. The van der Waals surface area contributed by atoms with Crippen LogP contribution in [-0.4, -0.2) is 26.2 Å². The highest BCUT2D eigenvalue weighted by Crippen LogP contribution is 2.43. The first-order chi connectivity index (χ1) is 20.3. The van der Waals surface area contributed by atoms with Crippen LogP contribution in [0.3, 0.4) is 0 Å². The number of hydrogen-bond donors (Lipinski definition) is 1. The van der Waals surface area contributed by atoms with Crippen LogP contribution in [0.1, 0.15) is 107 Å². The second-order valence-corrected chi connectivity index (χ2v) is 14.6. The van der Waals surface area contributed by atoms with Crippen molar-refractivity contribution in [3.63, 3.8) is 0 Å². The van der Waals surface area contributed by atoms with E-state index in [2.05, 4.69) is 69.7 Å². The molecule has 3 aromatic rings. The minimum absolute atomic E-state index is 0.0673. The summed E-state index contributed by atoms with van der Waals surface area (Å²) in [6, 6.07) is 22.3. The van der Waals surface area contributed by atoms with E-state index in [1.807, 2.05) is 13.0 Å². The number of esters is 1. The Morgan fingerprint density at radius 3 is 2.05 bits per heavy atom. The largest absolute Gasteiger partial charge is 0.457 e. The molecule has 1 aliphatic rings. The second kappa shape index (κ2) is 13.5. The summed E-state index contributed by atoms with van der Waals surface area (Å²) in [5.74, 6) is 0.265. The number of sulfonamides is 1. The third-order valence-electron chi connectivity index (χ3n) is 8.79. The number of ether oxygens (including phenoxy) is 1. The van der Waals surface area contributed by atoms with E-state index in [9.17, 15) is 13.2 Å². The molecule has 0 spiro atoms. The number of aryl methyl sites for hydroxylation is 1. The summed E-state index contributed by atoms with van der Waals surface area (Å²) < 4.78 is 32.3. The van der Waals surface area contributed by atoms with Gasteiger partial charge in [-0.1, -0.05) is 114 Å². The standard InChI is InChI=1S/C36H46N2O4S/c1-24(2)28-21-29(25(3)4)23-30(22-28)36(6,7)32-15-11-12-16-33(32)42-35(39)34(27-13-9-8-10-14-27)37-38-43(40,41)31-19-17-26(5)18-20-31/h8-10,13-14,17-25,32-33,38H,11-12,15-16H2,1-7H3/b37-34+/t32-,33-/m0/s1. The van der Waals surface area contributed by atoms with E-state index < -0.39 is 16.0 Å². The van der Waals surface area contributed by atoms with Crippen molar-refractivity contribution in [3.05, 3.63) is 101 Å². The maximum atomic E-state index is 13.8. The van der Waals surface area contributed by atoms with Crippen molar-refractivity contribution in [2.24, 2.45) is 11.0 Å². The molecule has 4 rings (SSSR count). The molecule has 0 saturated heterocycles. The summed E-state index contributed by atoms with van der Waals surface area (Å²) in [6.07, 6.45) is 3.39. The molecule has 3 aromatic carbocycles. The maximum Gasteiger partial charge on any atom is 0.359 e.